The quantitative estimate of drug-likeness (QED) is 0.859. The van der Waals surface area contributed by atoms with Gasteiger partial charge in [-0.05, 0) is 38.0 Å². The van der Waals surface area contributed by atoms with Crippen molar-refractivity contribution in [3.8, 4) is 5.75 Å². The lowest BCUT2D eigenvalue weighted by atomic mass is 10.0. The zero-order valence-electron chi connectivity index (χ0n) is 11.8. The Kier molecular flexibility index (Phi) is 4.12. The molecule has 0 aromatic heterocycles. The van der Waals surface area contributed by atoms with Crippen LogP contribution in [0.15, 0.2) is 18.2 Å². The van der Waals surface area contributed by atoms with Crippen molar-refractivity contribution in [2.24, 2.45) is 0 Å². The highest BCUT2D eigenvalue weighted by Gasteiger charge is 2.15. The van der Waals surface area contributed by atoms with Gasteiger partial charge in [0, 0.05) is 12.1 Å². The lowest BCUT2D eigenvalue weighted by molar-refractivity contribution is 0.226. The first-order chi connectivity index (χ1) is 8.54. The Balaban J connectivity index is 2.03. The van der Waals surface area contributed by atoms with Gasteiger partial charge in [-0.15, -0.1) is 0 Å². The molecule has 0 fully saturated rings. The molecule has 3 heteroatoms. The van der Waals surface area contributed by atoms with Gasteiger partial charge >= 0.3 is 0 Å². The van der Waals surface area contributed by atoms with E-state index in [0.717, 1.165) is 24.4 Å². The van der Waals surface area contributed by atoms with E-state index in [1.165, 1.54) is 5.56 Å². The number of rotatable bonds is 4. The standard InChI is InChI=1S/C15H24N2O/c1-10(2)17-11(3)7-13-5-6-15-14(8-13)16-9-12(4)18-15/h5-6,8,10-12,16-17H,7,9H2,1-4H3. The Morgan fingerprint density at radius 1 is 1.39 bits per heavy atom. The van der Waals surface area contributed by atoms with E-state index in [1.54, 1.807) is 0 Å². The summed E-state index contributed by atoms with van der Waals surface area (Å²) in [6.07, 6.45) is 1.30. The van der Waals surface area contributed by atoms with Gasteiger partial charge in [0.1, 0.15) is 11.9 Å². The third-order valence-corrected chi connectivity index (χ3v) is 3.11. The predicted octanol–water partition coefficient (Wildman–Crippen LogP) is 2.81. The molecule has 1 aromatic rings. The molecule has 1 aliphatic rings. The highest BCUT2D eigenvalue weighted by molar-refractivity contribution is 5.59. The van der Waals surface area contributed by atoms with Crippen LogP contribution in [0.2, 0.25) is 0 Å². The SMILES string of the molecule is CC(C)NC(C)Cc1ccc2c(c1)NCC(C)O2. The second-order valence-corrected chi connectivity index (χ2v) is 5.57. The van der Waals surface area contributed by atoms with Crippen LogP contribution in [0.3, 0.4) is 0 Å². The number of hydrogen-bond acceptors (Lipinski definition) is 3. The second kappa shape index (κ2) is 5.61. The summed E-state index contributed by atoms with van der Waals surface area (Å²) in [6, 6.07) is 7.47. The highest BCUT2D eigenvalue weighted by atomic mass is 16.5. The van der Waals surface area contributed by atoms with Crippen LogP contribution in [-0.4, -0.2) is 24.7 Å². The number of anilines is 1. The van der Waals surface area contributed by atoms with Crippen LogP contribution in [0.5, 0.6) is 5.75 Å². The summed E-state index contributed by atoms with van der Waals surface area (Å²) >= 11 is 0. The molecule has 18 heavy (non-hydrogen) atoms. The van der Waals surface area contributed by atoms with Gasteiger partial charge in [0.2, 0.25) is 0 Å². The van der Waals surface area contributed by atoms with E-state index in [1.807, 2.05) is 0 Å². The Hall–Kier alpha value is -1.22. The third kappa shape index (κ3) is 3.39. The van der Waals surface area contributed by atoms with Gasteiger partial charge in [0.15, 0.2) is 0 Å². The predicted molar refractivity (Wildman–Crippen MR) is 76.5 cm³/mol. The van der Waals surface area contributed by atoms with Crippen molar-refractivity contribution in [2.45, 2.75) is 52.3 Å². The molecule has 2 N–H and O–H groups in total. The molecule has 3 nitrogen and oxygen atoms in total. The molecular weight excluding hydrogens is 224 g/mol. The zero-order chi connectivity index (χ0) is 13.1. The summed E-state index contributed by atoms with van der Waals surface area (Å²) in [5.74, 6) is 0.974. The number of hydrogen-bond donors (Lipinski definition) is 2. The van der Waals surface area contributed by atoms with Crippen LogP contribution in [0.25, 0.3) is 0 Å². The van der Waals surface area contributed by atoms with Crippen molar-refractivity contribution in [2.75, 3.05) is 11.9 Å². The Morgan fingerprint density at radius 3 is 2.89 bits per heavy atom. The lowest BCUT2D eigenvalue weighted by Gasteiger charge is -2.25. The van der Waals surface area contributed by atoms with Crippen LogP contribution < -0.4 is 15.4 Å². The van der Waals surface area contributed by atoms with E-state index >= 15 is 0 Å². The van der Waals surface area contributed by atoms with Gasteiger partial charge < -0.3 is 15.4 Å². The van der Waals surface area contributed by atoms with Crippen LogP contribution in [0.4, 0.5) is 5.69 Å². The summed E-state index contributed by atoms with van der Waals surface area (Å²) < 4.78 is 5.78. The van der Waals surface area contributed by atoms with Crippen molar-refractivity contribution in [3.05, 3.63) is 23.8 Å². The van der Waals surface area contributed by atoms with Crippen molar-refractivity contribution in [1.29, 1.82) is 0 Å². The van der Waals surface area contributed by atoms with Crippen LogP contribution in [0.1, 0.15) is 33.3 Å². The average molecular weight is 248 g/mol. The molecule has 0 radical (unpaired) electrons. The van der Waals surface area contributed by atoms with E-state index in [2.05, 4.69) is 56.5 Å². The minimum Gasteiger partial charge on any atom is -0.487 e. The molecule has 2 atom stereocenters. The van der Waals surface area contributed by atoms with Gasteiger partial charge in [-0.2, -0.15) is 0 Å². The van der Waals surface area contributed by atoms with Gasteiger partial charge in [0.25, 0.3) is 0 Å². The van der Waals surface area contributed by atoms with E-state index in [0.29, 0.717) is 12.1 Å². The fraction of sp³-hybridized carbons (Fsp3) is 0.600. The summed E-state index contributed by atoms with van der Waals surface area (Å²) in [6.45, 7) is 9.56. The molecule has 2 unspecified atom stereocenters. The fourth-order valence-corrected chi connectivity index (χ4v) is 2.44. The molecular formula is C15H24N2O. The largest absolute Gasteiger partial charge is 0.487 e. The first kappa shape index (κ1) is 13.2. The molecule has 2 rings (SSSR count). The molecule has 1 aromatic carbocycles. The van der Waals surface area contributed by atoms with Gasteiger partial charge in [-0.25, -0.2) is 0 Å². The lowest BCUT2D eigenvalue weighted by Crippen LogP contribution is -2.34. The Labute approximate surface area is 110 Å². The number of benzene rings is 1. The first-order valence-electron chi connectivity index (χ1n) is 6.84. The fourth-order valence-electron chi connectivity index (χ4n) is 2.44. The third-order valence-electron chi connectivity index (χ3n) is 3.11. The minimum absolute atomic E-state index is 0.255. The maximum absolute atomic E-state index is 5.78. The van der Waals surface area contributed by atoms with Gasteiger partial charge in [0.05, 0.1) is 12.2 Å². The molecule has 0 spiro atoms. The van der Waals surface area contributed by atoms with Crippen LogP contribution in [0, 0.1) is 0 Å². The van der Waals surface area contributed by atoms with Crippen molar-refractivity contribution in [3.63, 3.8) is 0 Å². The summed E-state index contributed by atoms with van der Waals surface area (Å²) in [5, 5.41) is 6.95. The molecule has 0 bridgehead atoms. The molecule has 0 aliphatic carbocycles. The molecule has 0 saturated heterocycles. The number of ether oxygens (including phenoxy) is 1. The molecule has 100 valence electrons. The van der Waals surface area contributed by atoms with E-state index in [4.69, 9.17) is 4.74 Å². The molecule has 0 amide bonds. The second-order valence-electron chi connectivity index (χ2n) is 5.57. The number of fused-ring (bicyclic) bond motifs is 1. The van der Waals surface area contributed by atoms with Crippen LogP contribution >= 0.6 is 0 Å². The average Bonchev–Trinajstić information content (AvgIpc) is 2.28. The molecule has 1 aliphatic heterocycles. The Morgan fingerprint density at radius 2 is 2.17 bits per heavy atom. The summed E-state index contributed by atoms with van der Waals surface area (Å²) in [7, 11) is 0. The normalized spacial score (nSPS) is 19.9. The summed E-state index contributed by atoms with van der Waals surface area (Å²) in [4.78, 5) is 0. The van der Waals surface area contributed by atoms with Crippen molar-refractivity contribution >= 4 is 5.69 Å². The van der Waals surface area contributed by atoms with Gasteiger partial charge in [-0.3, -0.25) is 0 Å². The van der Waals surface area contributed by atoms with E-state index in [-0.39, 0.29) is 6.10 Å². The zero-order valence-corrected chi connectivity index (χ0v) is 11.8. The molecule has 0 saturated carbocycles. The Bertz CT molecular complexity index is 403. The smallest absolute Gasteiger partial charge is 0.142 e. The summed E-state index contributed by atoms with van der Waals surface area (Å²) in [5.41, 5.74) is 2.47. The van der Waals surface area contributed by atoms with Crippen molar-refractivity contribution in [1.82, 2.24) is 5.32 Å². The topological polar surface area (TPSA) is 33.3 Å². The maximum Gasteiger partial charge on any atom is 0.142 e. The number of nitrogens with one attached hydrogen (secondary N) is 2. The van der Waals surface area contributed by atoms with Crippen LogP contribution in [-0.2, 0) is 6.42 Å². The maximum atomic E-state index is 5.78. The van der Waals surface area contributed by atoms with E-state index in [9.17, 15) is 0 Å². The van der Waals surface area contributed by atoms with E-state index < -0.39 is 0 Å². The monoisotopic (exact) mass is 248 g/mol. The minimum atomic E-state index is 0.255. The molecule has 1 heterocycles. The van der Waals surface area contributed by atoms with Gasteiger partial charge in [-0.1, -0.05) is 19.9 Å². The van der Waals surface area contributed by atoms with Crippen molar-refractivity contribution < 1.29 is 4.74 Å². The highest BCUT2D eigenvalue weighted by Crippen LogP contribution is 2.30. The first-order valence-corrected chi connectivity index (χ1v) is 6.84.